The minimum absolute atomic E-state index is 0.185. The Kier molecular flexibility index (Phi) is 11.8. The Hall–Kier alpha value is -3.85. The predicted octanol–water partition coefficient (Wildman–Crippen LogP) is 5.06. The first-order valence-electron chi connectivity index (χ1n) is 14.0. The second kappa shape index (κ2) is 15.2. The van der Waals surface area contributed by atoms with Gasteiger partial charge in [-0.15, -0.1) is 0 Å². The quantitative estimate of drug-likeness (QED) is 0.254. The molecule has 0 aliphatic rings. The standard InChI is InChI=1S/C32H41N3O5S/c1-5-7-20-33-32(37)30(6-2)34(22-27-15-11-12-25(3)21-27)31(36)23-35(41(4,38)39)28-16-18-29(19-17-28)40-24-26-13-9-8-10-14-26/h8-19,21,30H,5-7,20,22-24H2,1-4H3,(H,33,37)/t30-/m0/s1. The molecular formula is C32H41N3O5S. The number of carbonyl (C=O) groups excluding carboxylic acids is 2. The second-order valence-corrected chi connectivity index (χ2v) is 12.0. The van der Waals surface area contributed by atoms with Crippen LogP contribution in [-0.2, 0) is 32.8 Å². The van der Waals surface area contributed by atoms with Crippen LogP contribution < -0.4 is 14.4 Å². The smallest absolute Gasteiger partial charge is 0.244 e. The van der Waals surface area contributed by atoms with Gasteiger partial charge in [0, 0.05) is 13.1 Å². The molecule has 3 aromatic rings. The molecule has 0 fully saturated rings. The number of aryl methyl sites for hydroxylation is 1. The molecule has 3 aromatic carbocycles. The molecule has 0 aliphatic heterocycles. The Labute approximate surface area is 244 Å². The number of anilines is 1. The summed E-state index contributed by atoms with van der Waals surface area (Å²) in [5.74, 6) is -0.125. The Morgan fingerprint density at radius 2 is 1.61 bits per heavy atom. The normalized spacial score (nSPS) is 11.9. The lowest BCUT2D eigenvalue weighted by Crippen LogP contribution is -2.52. The summed E-state index contributed by atoms with van der Waals surface area (Å²) in [6.07, 6.45) is 3.23. The van der Waals surface area contributed by atoms with Gasteiger partial charge < -0.3 is 15.0 Å². The Balaban J connectivity index is 1.83. The van der Waals surface area contributed by atoms with Crippen LogP contribution in [0, 0.1) is 6.92 Å². The van der Waals surface area contributed by atoms with E-state index in [9.17, 15) is 18.0 Å². The average molecular weight is 580 g/mol. The lowest BCUT2D eigenvalue weighted by Gasteiger charge is -2.33. The fourth-order valence-electron chi connectivity index (χ4n) is 4.50. The lowest BCUT2D eigenvalue weighted by atomic mass is 10.1. The summed E-state index contributed by atoms with van der Waals surface area (Å²) in [5, 5.41) is 2.93. The minimum atomic E-state index is -3.82. The van der Waals surface area contributed by atoms with Crippen molar-refractivity contribution in [2.75, 3.05) is 23.7 Å². The molecule has 2 amide bonds. The van der Waals surface area contributed by atoms with Crippen molar-refractivity contribution in [1.29, 1.82) is 0 Å². The van der Waals surface area contributed by atoms with Gasteiger partial charge in [-0.05, 0) is 55.2 Å². The van der Waals surface area contributed by atoms with Gasteiger partial charge in [0.15, 0.2) is 0 Å². The first-order chi connectivity index (χ1) is 19.6. The van der Waals surface area contributed by atoms with Gasteiger partial charge in [-0.25, -0.2) is 8.42 Å². The monoisotopic (exact) mass is 579 g/mol. The molecular weight excluding hydrogens is 538 g/mol. The fourth-order valence-corrected chi connectivity index (χ4v) is 5.35. The van der Waals surface area contributed by atoms with E-state index in [1.165, 1.54) is 4.90 Å². The Morgan fingerprint density at radius 3 is 2.22 bits per heavy atom. The van der Waals surface area contributed by atoms with Gasteiger partial charge >= 0.3 is 0 Å². The number of nitrogens with zero attached hydrogens (tertiary/aromatic N) is 2. The zero-order valence-corrected chi connectivity index (χ0v) is 25.2. The highest BCUT2D eigenvalue weighted by molar-refractivity contribution is 7.92. The van der Waals surface area contributed by atoms with Gasteiger partial charge in [0.05, 0.1) is 11.9 Å². The van der Waals surface area contributed by atoms with E-state index in [0.29, 0.717) is 31.0 Å². The molecule has 0 saturated carbocycles. The fraction of sp³-hybridized carbons (Fsp3) is 0.375. The third kappa shape index (κ3) is 9.63. The summed E-state index contributed by atoms with van der Waals surface area (Å²) >= 11 is 0. The van der Waals surface area contributed by atoms with Crippen LogP contribution in [-0.4, -0.2) is 50.5 Å². The van der Waals surface area contributed by atoms with Crippen molar-refractivity contribution in [2.24, 2.45) is 0 Å². The van der Waals surface area contributed by atoms with E-state index in [-0.39, 0.29) is 12.5 Å². The number of nitrogens with one attached hydrogen (secondary N) is 1. The zero-order chi connectivity index (χ0) is 29.8. The third-order valence-corrected chi connectivity index (χ3v) is 7.84. The van der Waals surface area contributed by atoms with E-state index in [1.807, 2.05) is 75.4 Å². The maximum absolute atomic E-state index is 13.8. The number of benzene rings is 3. The Morgan fingerprint density at radius 1 is 0.927 bits per heavy atom. The van der Waals surface area contributed by atoms with E-state index in [4.69, 9.17) is 4.74 Å². The number of hydrogen-bond donors (Lipinski definition) is 1. The van der Waals surface area contributed by atoms with Gasteiger partial charge in [0.2, 0.25) is 21.8 Å². The van der Waals surface area contributed by atoms with Crippen LogP contribution in [0.3, 0.4) is 0 Å². The number of unbranched alkanes of at least 4 members (excludes halogenated alkanes) is 1. The number of ether oxygens (including phenoxy) is 1. The van der Waals surface area contributed by atoms with Crippen molar-refractivity contribution < 1.29 is 22.7 Å². The highest BCUT2D eigenvalue weighted by atomic mass is 32.2. The van der Waals surface area contributed by atoms with Gasteiger partial charge in [0.25, 0.3) is 0 Å². The van der Waals surface area contributed by atoms with Crippen molar-refractivity contribution in [1.82, 2.24) is 10.2 Å². The topological polar surface area (TPSA) is 96.0 Å². The number of carbonyl (C=O) groups is 2. The molecule has 0 aliphatic carbocycles. The number of hydrogen-bond acceptors (Lipinski definition) is 5. The van der Waals surface area contributed by atoms with Crippen molar-refractivity contribution in [3.8, 4) is 5.75 Å². The molecule has 220 valence electrons. The van der Waals surface area contributed by atoms with Gasteiger partial charge in [-0.1, -0.05) is 80.4 Å². The van der Waals surface area contributed by atoms with Crippen molar-refractivity contribution in [3.63, 3.8) is 0 Å². The predicted molar refractivity (Wildman–Crippen MR) is 163 cm³/mol. The van der Waals surface area contributed by atoms with Crippen molar-refractivity contribution in [3.05, 3.63) is 95.6 Å². The third-order valence-electron chi connectivity index (χ3n) is 6.70. The highest BCUT2D eigenvalue weighted by Gasteiger charge is 2.31. The van der Waals surface area contributed by atoms with Crippen molar-refractivity contribution >= 4 is 27.5 Å². The molecule has 0 spiro atoms. The molecule has 9 heteroatoms. The van der Waals surface area contributed by atoms with Crippen LogP contribution in [0.2, 0.25) is 0 Å². The van der Waals surface area contributed by atoms with E-state index < -0.39 is 28.5 Å². The van der Waals surface area contributed by atoms with Gasteiger partial charge in [0.1, 0.15) is 24.9 Å². The average Bonchev–Trinajstić information content (AvgIpc) is 2.95. The summed E-state index contributed by atoms with van der Waals surface area (Å²) in [6.45, 7) is 6.50. The second-order valence-electron chi connectivity index (χ2n) is 10.1. The van der Waals surface area contributed by atoms with Crippen LogP contribution in [0.1, 0.15) is 49.8 Å². The van der Waals surface area contributed by atoms with Crippen LogP contribution in [0.5, 0.6) is 5.75 Å². The molecule has 0 bridgehead atoms. The summed E-state index contributed by atoms with van der Waals surface area (Å²) in [4.78, 5) is 28.5. The highest BCUT2D eigenvalue weighted by Crippen LogP contribution is 2.23. The minimum Gasteiger partial charge on any atom is -0.489 e. The number of rotatable bonds is 15. The molecule has 0 heterocycles. The van der Waals surface area contributed by atoms with Crippen LogP contribution in [0.15, 0.2) is 78.9 Å². The van der Waals surface area contributed by atoms with Gasteiger partial charge in [-0.2, -0.15) is 0 Å². The van der Waals surface area contributed by atoms with Crippen molar-refractivity contribution in [2.45, 2.75) is 59.2 Å². The molecule has 1 atom stereocenters. The maximum atomic E-state index is 13.8. The van der Waals surface area contributed by atoms with Crippen LogP contribution in [0.25, 0.3) is 0 Å². The zero-order valence-electron chi connectivity index (χ0n) is 24.4. The Bertz CT molecular complexity index is 1380. The molecule has 3 rings (SSSR count). The molecule has 0 radical (unpaired) electrons. The van der Waals surface area contributed by atoms with E-state index in [0.717, 1.165) is 40.1 Å². The SMILES string of the molecule is CCCCNC(=O)[C@H](CC)N(Cc1cccc(C)c1)C(=O)CN(c1ccc(OCc2ccccc2)cc1)S(C)(=O)=O. The molecule has 0 aromatic heterocycles. The maximum Gasteiger partial charge on any atom is 0.244 e. The molecule has 1 N–H and O–H groups in total. The summed E-state index contributed by atoms with van der Waals surface area (Å²) in [7, 11) is -3.82. The van der Waals surface area contributed by atoms with E-state index in [1.54, 1.807) is 24.3 Å². The molecule has 0 saturated heterocycles. The van der Waals surface area contributed by atoms with Crippen LogP contribution in [0.4, 0.5) is 5.69 Å². The van der Waals surface area contributed by atoms with E-state index in [2.05, 4.69) is 5.32 Å². The molecule has 41 heavy (non-hydrogen) atoms. The first-order valence-corrected chi connectivity index (χ1v) is 15.8. The van der Waals surface area contributed by atoms with E-state index >= 15 is 0 Å². The number of amides is 2. The largest absolute Gasteiger partial charge is 0.489 e. The molecule has 0 unspecified atom stereocenters. The van der Waals surface area contributed by atoms with Crippen LogP contribution >= 0.6 is 0 Å². The number of sulfonamides is 1. The lowest BCUT2D eigenvalue weighted by molar-refractivity contribution is -0.140. The molecule has 8 nitrogen and oxygen atoms in total. The summed E-state index contributed by atoms with van der Waals surface area (Å²) < 4.78 is 32.7. The summed E-state index contributed by atoms with van der Waals surface area (Å²) in [6, 6.07) is 23.3. The summed E-state index contributed by atoms with van der Waals surface area (Å²) in [5.41, 5.74) is 3.24. The first kappa shape index (κ1) is 31.7. The van der Waals surface area contributed by atoms with Gasteiger partial charge in [-0.3, -0.25) is 13.9 Å².